The van der Waals surface area contributed by atoms with Crippen LogP contribution in [0.2, 0.25) is 0 Å². The number of carbonyl (C=O) groups excluding carboxylic acids is 1. The van der Waals surface area contributed by atoms with Crippen LogP contribution in [0.5, 0.6) is 0 Å². The SMILES string of the molecule is CCc1ccccc1NC(=O)c1cccnc1N1CCOCC1. The van der Waals surface area contributed by atoms with Crippen LogP contribution in [0.4, 0.5) is 11.5 Å². The quantitative estimate of drug-likeness (QED) is 0.943. The summed E-state index contributed by atoms with van der Waals surface area (Å²) in [6, 6.07) is 11.5. The molecular weight excluding hydrogens is 290 g/mol. The van der Waals surface area contributed by atoms with Crippen molar-refractivity contribution >= 4 is 17.4 Å². The number of benzene rings is 1. The van der Waals surface area contributed by atoms with Crippen LogP contribution in [-0.2, 0) is 11.2 Å². The summed E-state index contributed by atoms with van der Waals surface area (Å²) in [4.78, 5) is 19.3. The third kappa shape index (κ3) is 3.51. The van der Waals surface area contributed by atoms with Crippen molar-refractivity contribution < 1.29 is 9.53 Å². The number of morpholine rings is 1. The zero-order valence-electron chi connectivity index (χ0n) is 13.3. The van der Waals surface area contributed by atoms with Crippen molar-refractivity contribution in [1.82, 2.24) is 4.98 Å². The Kier molecular flexibility index (Phi) is 4.88. The largest absolute Gasteiger partial charge is 0.378 e. The summed E-state index contributed by atoms with van der Waals surface area (Å²) < 4.78 is 5.38. The van der Waals surface area contributed by atoms with Gasteiger partial charge in [-0.2, -0.15) is 0 Å². The number of ether oxygens (including phenoxy) is 1. The first-order valence-electron chi connectivity index (χ1n) is 7.96. The zero-order valence-corrected chi connectivity index (χ0v) is 13.3. The van der Waals surface area contributed by atoms with Crippen molar-refractivity contribution in [2.75, 3.05) is 36.5 Å². The van der Waals surface area contributed by atoms with Crippen molar-refractivity contribution in [3.05, 3.63) is 53.7 Å². The molecule has 5 heteroatoms. The van der Waals surface area contributed by atoms with Gasteiger partial charge in [-0.05, 0) is 30.2 Å². The van der Waals surface area contributed by atoms with Gasteiger partial charge in [0.1, 0.15) is 5.82 Å². The Morgan fingerprint density at radius 2 is 2.00 bits per heavy atom. The maximum atomic E-state index is 12.7. The van der Waals surface area contributed by atoms with Gasteiger partial charge in [-0.1, -0.05) is 25.1 Å². The number of nitrogens with zero attached hydrogens (tertiary/aromatic N) is 2. The van der Waals surface area contributed by atoms with E-state index in [-0.39, 0.29) is 5.91 Å². The number of nitrogens with one attached hydrogen (secondary N) is 1. The Hall–Kier alpha value is -2.40. The first-order valence-corrected chi connectivity index (χ1v) is 7.96. The van der Waals surface area contributed by atoms with E-state index in [2.05, 4.69) is 22.1 Å². The summed E-state index contributed by atoms with van der Waals surface area (Å²) in [5.74, 6) is 0.600. The summed E-state index contributed by atoms with van der Waals surface area (Å²) in [6.07, 6.45) is 2.60. The molecule has 1 N–H and O–H groups in total. The number of carbonyl (C=O) groups is 1. The van der Waals surface area contributed by atoms with Crippen LogP contribution < -0.4 is 10.2 Å². The highest BCUT2D eigenvalue weighted by Crippen LogP contribution is 2.21. The number of hydrogen-bond donors (Lipinski definition) is 1. The molecule has 23 heavy (non-hydrogen) atoms. The standard InChI is InChI=1S/C18H21N3O2/c1-2-14-6-3-4-8-16(14)20-18(22)15-7-5-9-19-17(15)21-10-12-23-13-11-21/h3-9H,2,10-13H2,1H3,(H,20,22). The summed E-state index contributed by atoms with van der Waals surface area (Å²) >= 11 is 0. The van der Waals surface area contributed by atoms with E-state index in [1.807, 2.05) is 30.3 Å². The van der Waals surface area contributed by atoms with Gasteiger partial charge in [0.2, 0.25) is 0 Å². The predicted octanol–water partition coefficient (Wildman–Crippen LogP) is 2.73. The average Bonchev–Trinajstić information content (AvgIpc) is 2.63. The third-order valence-corrected chi connectivity index (χ3v) is 3.99. The minimum Gasteiger partial charge on any atom is -0.378 e. The van der Waals surface area contributed by atoms with Gasteiger partial charge in [-0.3, -0.25) is 4.79 Å². The van der Waals surface area contributed by atoms with Crippen LogP contribution in [0, 0.1) is 0 Å². The Labute approximate surface area is 136 Å². The Bertz CT molecular complexity index is 681. The van der Waals surface area contributed by atoms with Crippen LogP contribution in [0.15, 0.2) is 42.6 Å². The van der Waals surface area contributed by atoms with Crippen LogP contribution in [0.1, 0.15) is 22.8 Å². The molecule has 1 saturated heterocycles. The average molecular weight is 311 g/mol. The molecule has 0 bridgehead atoms. The summed E-state index contributed by atoms with van der Waals surface area (Å²) in [5, 5.41) is 3.02. The van der Waals surface area contributed by atoms with Gasteiger partial charge in [0.25, 0.3) is 5.91 Å². The highest BCUT2D eigenvalue weighted by molar-refractivity contribution is 6.07. The van der Waals surface area contributed by atoms with Crippen molar-refractivity contribution in [2.24, 2.45) is 0 Å². The van der Waals surface area contributed by atoms with Gasteiger partial charge in [0, 0.05) is 25.0 Å². The lowest BCUT2D eigenvalue weighted by Crippen LogP contribution is -2.38. The molecule has 3 rings (SSSR count). The van der Waals surface area contributed by atoms with Gasteiger partial charge in [-0.25, -0.2) is 4.98 Å². The lowest BCUT2D eigenvalue weighted by atomic mass is 10.1. The summed E-state index contributed by atoms with van der Waals surface area (Å²) in [6.45, 7) is 4.91. The number of pyridine rings is 1. The van der Waals surface area contributed by atoms with Gasteiger partial charge < -0.3 is 15.0 Å². The summed E-state index contributed by atoms with van der Waals surface area (Å²) in [7, 11) is 0. The third-order valence-electron chi connectivity index (χ3n) is 3.99. The topological polar surface area (TPSA) is 54.5 Å². The minimum absolute atomic E-state index is 0.125. The Balaban J connectivity index is 1.85. The van der Waals surface area contributed by atoms with Crippen molar-refractivity contribution in [3.8, 4) is 0 Å². The first kappa shape index (κ1) is 15.5. The van der Waals surface area contributed by atoms with Crippen molar-refractivity contribution in [1.29, 1.82) is 0 Å². The summed E-state index contributed by atoms with van der Waals surface area (Å²) in [5.41, 5.74) is 2.58. The number of amides is 1. The molecule has 0 aliphatic carbocycles. The van der Waals surface area contributed by atoms with E-state index in [1.165, 1.54) is 0 Å². The maximum absolute atomic E-state index is 12.7. The highest BCUT2D eigenvalue weighted by atomic mass is 16.5. The molecular formula is C18H21N3O2. The fourth-order valence-electron chi connectivity index (χ4n) is 2.74. The highest BCUT2D eigenvalue weighted by Gasteiger charge is 2.20. The molecule has 1 aliphatic rings. The fraction of sp³-hybridized carbons (Fsp3) is 0.333. The van der Waals surface area contributed by atoms with E-state index in [0.717, 1.165) is 36.6 Å². The predicted molar refractivity (Wildman–Crippen MR) is 91.0 cm³/mol. The molecule has 0 spiro atoms. The second kappa shape index (κ2) is 7.24. The Morgan fingerprint density at radius 1 is 1.22 bits per heavy atom. The molecule has 2 heterocycles. The number of anilines is 2. The van der Waals surface area contributed by atoms with Gasteiger partial charge in [0.05, 0.1) is 18.8 Å². The zero-order chi connectivity index (χ0) is 16.1. The normalized spacial score (nSPS) is 14.6. The van der Waals surface area contributed by atoms with E-state index in [1.54, 1.807) is 12.3 Å². The second-order valence-electron chi connectivity index (χ2n) is 5.44. The molecule has 1 aromatic heterocycles. The van der Waals surface area contributed by atoms with E-state index in [4.69, 9.17) is 4.74 Å². The molecule has 2 aromatic rings. The number of rotatable bonds is 4. The van der Waals surface area contributed by atoms with Gasteiger partial charge >= 0.3 is 0 Å². The lowest BCUT2D eigenvalue weighted by Gasteiger charge is -2.29. The molecule has 1 aliphatic heterocycles. The van der Waals surface area contributed by atoms with Gasteiger partial charge in [-0.15, -0.1) is 0 Å². The van der Waals surface area contributed by atoms with Crippen LogP contribution >= 0.6 is 0 Å². The molecule has 120 valence electrons. The molecule has 1 fully saturated rings. The van der Waals surface area contributed by atoms with Crippen molar-refractivity contribution in [3.63, 3.8) is 0 Å². The molecule has 0 radical (unpaired) electrons. The minimum atomic E-state index is -0.125. The van der Waals surface area contributed by atoms with Crippen LogP contribution in [0.3, 0.4) is 0 Å². The molecule has 5 nitrogen and oxygen atoms in total. The van der Waals surface area contributed by atoms with Gasteiger partial charge in [0.15, 0.2) is 0 Å². The monoisotopic (exact) mass is 311 g/mol. The van der Waals surface area contributed by atoms with E-state index < -0.39 is 0 Å². The molecule has 0 unspecified atom stereocenters. The second-order valence-corrected chi connectivity index (χ2v) is 5.44. The number of aryl methyl sites for hydroxylation is 1. The van der Waals surface area contributed by atoms with Crippen molar-refractivity contribution in [2.45, 2.75) is 13.3 Å². The number of aromatic nitrogens is 1. The first-order chi connectivity index (χ1) is 11.3. The lowest BCUT2D eigenvalue weighted by molar-refractivity contribution is 0.102. The number of para-hydroxylation sites is 1. The fourth-order valence-corrected chi connectivity index (χ4v) is 2.74. The number of hydrogen-bond acceptors (Lipinski definition) is 4. The molecule has 0 atom stereocenters. The Morgan fingerprint density at radius 3 is 2.78 bits per heavy atom. The van der Waals surface area contributed by atoms with E-state index in [0.29, 0.717) is 18.8 Å². The molecule has 0 saturated carbocycles. The molecule has 1 aromatic carbocycles. The van der Waals surface area contributed by atoms with E-state index in [9.17, 15) is 4.79 Å². The molecule has 1 amide bonds. The van der Waals surface area contributed by atoms with Crippen LogP contribution in [0.25, 0.3) is 0 Å². The maximum Gasteiger partial charge on any atom is 0.259 e. The van der Waals surface area contributed by atoms with Crippen LogP contribution in [-0.4, -0.2) is 37.2 Å². The smallest absolute Gasteiger partial charge is 0.259 e. The van der Waals surface area contributed by atoms with E-state index >= 15 is 0 Å².